The van der Waals surface area contributed by atoms with E-state index in [4.69, 9.17) is 23.1 Å². The largest absolute Gasteiger partial charge is 0.395 e. The highest BCUT2D eigenvalue weighted by atomic mass is 35.5. The van der Waals surface area contributed by atoms with Gasteiger partial charge in [0, 0.05) is 16.2 Å². The van der Waals surface area contributed by atoms with Gasteiger partial charge in [-0.15, -0.1) is 0 Å². The topological polar surface area (TPSA) is 131 Å². The zero-order valence-corrected chi connectivity index (χ0v) is 20.2. The summed E-state index contributed by atoms with van der Waals surface area (Å²) in [7, 11) is 0. The quantitative estimate of drug-likeness (QED) is 0.469. The van der Waals surface area contributed by atoms with E-state index in [-0.39, 0.29) is 16.3 Å². The van der Waals surface area contributed by atoms with Crippen LogP contribution in [0.2, 0.25) is 5.02 Å². The number of nitrogens with one attached hydrogen (secondary N) is 1. The van der Waals surface area contributed by atoms with Crippen molar-refractivity contribution in [1.29, 1.82) is 0 Å². The number of nitrogen functional groups attached to an aromatic ring is 1. The van der Waals surface area contributed by atoms with E-state index in [1.54, 1.807) is 45.0 Å². The Bertz CT molecular complexity index is 1220. The van der Waals surface area contributed by atoms with E-state index in [9.17, 15) is 18.8 Å². The van der Waals surface area contributed by atoms with Crippen molar-refractivity contribution >= 4 is 52.2 Å². The minimum Gasteiger partial charge on any atom is -0.395 e. The van der Waals surface area contributed by atoms with Crippen molar-refractivity contribution in [3.05, 3.63) is 75.5 Å². The molecular formula is C23H23ClFN5O3S. The second-order valence-electron chi connectivity index (χ2n) is 8.48. The second-order valence-corrected chi connectivity index (χ2v) is 9.69. The summed E-state index contributed by atoms with van der Waals surface area (Å²) < 4.78 is 17.6. The van der Waals surface area contributed by atoms with Crippen molar-refractivity contribution in [2.45, 2.75) is 32.4 Å². The van der Waals surface area contributed by atoms with Gasteiger partial charge < -0.3 is 16.8 Å². The van der Waals surface area contributed by atoms with E-state index in [1.165, 1.54) is 29.2 Å². The standard InChI is InChI=1S/C23H23ClFN5O3S/c1-23(2,3)28-21(32)18(12-4-8-14(25)9-5-12)30(15-10-6-13(24)7-11-15)22(33)19-16(26)17(20(27)31)29-34-19/h4-11,18H,26H2,1-3H3,(H2,27,31)(H,28,32)/t18-/m0/s1. The Morgan fingerprint density at radius 1 is 1.09 bits per heavy atom. The first-order chi connectivity index (χ1) is 15.9. The number of hydrogen-bond acceptors (Lipinski definition) is 6. The molecule has 1 atom stereocenters. The lowest BCUT2D eigenvalue weighted by Gasteiger charge is -2.33. The molecule has 11 heteroatoms. The minimum atomic E-state index is -1.22. The first kappa shape index (κ1) is 25.1. The zero-order valence-electron chi connectivity index (χ0n) is 18.6. The number of primary amides is 1. The van der Waals surface area contributed by atoms with Crippen molar-refractivity contribution in [2.24, 2.45) is 5.73 Å². The Balaban J connectivity index is 2.22. The maximum absolute atomic E-state index is 13.8. The third kappa shape index (κ3) is 5.52. The molecule has 8 nitrogen and oxygen atoms in total. The van der Waals surface area contributed by atoms with Gasteiger partial charge in [0.05, 0.1) is 5.69 Å². The molecule has 0 aliphatic carbocycles. The van der Waals surface area contributed by atoms with Crippen LogP contribution in [0.3, 0.4) is 0 Å². The van der Waals surface area contributed by atoms with Gasteiger partial charge in [-0.2, -0.15) is 4.37 Å². The van der Waals surface area contributed by atoms with Gasteiger partial charge in [0.1, 0.15) is 16.7 Å². The summed E-state index contributed by atoms with van der Waals surface area (Å²) in [6.45, 7) is 5.38. The number of anilines is 2. The van der Waals surface area contributed by atoms with E-state index in [0.717, 1.165) is 0 Å². The van der Waals surface area contributed by atoms with E-state index < -0.39 is 35.1 Å². The van der Waals surface area contributed by atoms with Gasteiger partial charge in [-0.1, -0.05) is 23.7 Å². The summed E-state index contributed by atoms with van der Waals surface area (Å²) in [6.07, 6.45) is 0. The van der Waals surface area contributed by atoms with Gasteiger partial charge in [0.2, 0.25) is 5.91 Å². The Hall–Kier alpha value is -3.50. The van der Waals surface area contributed by atoms with Crippen molar-refractivity contribution in [1.82, 2.24) is 9.69 Å². The van der Waals surface area contributed by atoms with Gasteiger partial charge in [-0.25, -0.2) is 4.39 Å². The summed E-state index contributed by atoms with van der Waals surface area (Å²) >= 11 is 6.73. The highest BCUT2D eigenvalue weighted by Crippen LogP contribution is 2.34. The van der Waals surface area contributed by atoms with Gasteiger partial charge in [-0.3, -0.25) is 19.3 Å². The Labute approximate surface area is 204 Å². The number of carbonyl (C=O) groups excluding carboxylic acids is 3. The summed E-state index contributed by atoms with van der Waals surface area (Å²) in [5, 5.41) is 3.29. The molecule has 0 fully saturated rings. The number of benzene rings is 2. The van der Waals surface area contributed by atoms with E-state index in [2.05, 4.69) is 9.69 Å². The van der Waals surface area contributed by atoms with Gasteiger partial charge in [0.15, 0.2) is 5.69 Å². The molecule has 3 rings (SSSR count). The van der Waals surface area contributed by atoms with Crippen LogP contribution in [-0.4, -0.2) is 27.6 Å². The van der Waals surface area contributed by atoms with Crippen molar-refractivity contribution in [2.75, 3.05) is 10.6 Å². The molecule has 0 aliphatic heterocycles. The lowest BCUT2D eigenvalue weighted by Crippen LogP contribution is -2.49. The van der Waals surface area contributed by atoms with Gasteiger partial charge >= 0.3 is 0 Å². The van der Waals surface area contributed by atoms with Crippen LogP contribution in [0.25, 0.3) is 0 Å². The molecule has 0 saturated carbocycles. The third-order valence-electron chi connectivity index (χ3n) is 4.67. The predicted octanol–water partition coefficient (Wildman–Crippen LogP) is 3.92. The zero-order chi connectivity index (χ0) is 25.2. The van der Waals surface area contributed by atoms with Crippen LogP contribution in [0.5, 0.6) is 0 Å². The molecule has 3 aromatic rings. The van der Waals surface area contributed by atoms with Crippen molar-refractivity contribution < 1.29 is 18.8 Å². The Morgan fingerprint density at radius 3 is 2.18 bits per heavy atom. The monoisotopic (exact) mass is 503 g/mol. The van der Waals surface area contributed by atoms with E-state index >= 15 is 0 Å². The molecule has 0 saturated heterocycles. The molecule has 2 aromatic carbocycles. The summed E-state index contributed by atoms with van der Waals surface area (Å²) in [5.41, 5.74) is 10.9. The molecule has 0 spiro atoms. The van der Waals surface area contributed by atoms with E-state index in [0.29, 0.717) is 27.8 Å². The SMILES string of the molecule is CC(C)(C)NC(=O)[C@H](c1ccc(F)cc1)N(C(=O)c1snc(C(N)=O)c1N)c1ccc(Cl)cc1. The minimum absolute atomic E-state index is 0.0700. The van der Waals surface area contributed by atoms with Gasteiger partial charge in [0.25, 0.3) is 11.8 Å². The molecule has 0 aliphatic rings. The number of nitrogens with two attached hydrogens (primary N) is 2. The molecule has 34 heavy (non-hydrogen) atoms. The van der Waals surface area contributed by atoms with Crippen molar-refractivity contribution in [3.8, 4) is 0 Å². The van der Waals surface area contributed by atoms with Crippen LogP contribution in [0.1, 0.15) is 52.5 Å². The first-order valence-corrected chi connectivity index (χ1v) is 11.3. The fourth-order valence-corrected chi connectivity index (χ4v) is 4.09. The lowest BCUT2D eigenvalue weighted by molar-refractivity contribution is -0.123. The van der Waals surface area contributed by atoms with Crippen LogP contribution in [0.4, 0.5) is 15.8 Å². The molecule has 5 N–H and O–H groups in total. The molecular weight excluding hydrogens is 481 g/mol. The fourth-order valence-electron chi connectivity index (χ4n) is 3.22. The van der Waals surface area contributed by atoms with Crippen LogP contribution < -0.4 is 21.7 Å². The number of aromatic nitrogens is 1. The predicted molar refractivity (Wildman–Crippen MR) is 130 cm³/mol. The van der Waals surface area contributed by atoms with Crippen LogP contribution in [-0.2, 0) is 4.79 Å². The van der Waals surface area contributed by atoms with E-state index in [1.807, 2.05) is 0 Å². The molecule has 3 amide bonds. The van der Waals surface area contributed by atoms with Crippen LogP contribution in [0, 0.1) is 5.82 Å². The second kappa shape index (κ2) is 9.78. The average molecular weight is 504 g/mol. The maximum Gasteiger partial charge on any atom is 0.273 e. The smallest absolute Gasteiger partial charge is 0.273 e. The fraction of sp³-hybridized carbons (Fsp3) is 0.217. The molecule has 0 unspecified atom stereocenters. The number of nitrogens with zero attached hydrogens (tertiary/aromatic N) is 2. The summed E-state index contributed by atoms with van der Waals surface area (Å²) in [4.78, 5) is 40.1. The normalized spacial score (nSPS) is 12.1. The maximum atomic E-state index is 13.8. The number of amides is 3. The molecule has 1 heterocycles. The highest BCUT2D eigenvalue weighted by Gasteiger charge is 2.37. The lowest BCUT2D eigenvalue weighted by atomic mass is 10.0. The molecule has 0 bridgehead atoms. The van der Waals surface area contributed by atoms with Crippen molar-refractivity contribution in [3.63, 3.8) is 0 Å². The molecule has 178 valence electrons. The Kier molecular flexibility index (Phi) is 7.23. The number of rotatable bonds is 6. The number of carbonyl (C=O) groups is 3. The number of hydrogen-bond donors (Lipinski definition) is 3. The van der Waals surface area contributed by atoms with Crippen LogP contribution >= 0.6 is 23.1 Å². The first-order valence-electron chi connectivity index (χ1n) is 10.1. The highest BCUT2D eigenvalue weighted by molar-refractivity contribution is 7.09. The number of halogens is 2. The summed E-state index contributed by atoms with van der Waals surface area (Å²) in [5.74, 6) is -2.59. The van der Waals surface area contributed by atoms with Gasteiger partial charge in [-0.05, 0) is 74.3 Å². The Morgan fingerprint density at radius 2 is 1.68 bits per heavy atom. The third-order valence-corrected chi connectivity index (χ3v) is 5.77. The molecule has 1 aromatic heterocycles. The van der Waals surface area contributed by atoms with Crippen LogP contribution in [0.15, 0.2) is 48.5 Å². The average Bonchev–Trinajstić information content (AvgIpc) is 3.13. The molecule has 0 radical (unpaired) electrons. The summed E-state index contributed by atoms with van der Waals surface area (Å²) in [6, 6.07) is 10.3.